The minimum absolute atomic E-state index is 0.393. The van der Waals surface area contributed by atoms with E-state index in [4.69, 9.17) is 5.11 Å². The molecule has 0 saturated heterocycles. The van der Waals surface area contributed by atoms with Crippen LogP contribution in [-0.4, -0.2) is 11.1 Å². The fourth-order valence-corrected chi connectivity index (χ4v) is 2.17. The van der Waals surface area contributed by atoms with Gasteiger partial charge in [-0.2, -0.15) is 0 Å². The lowest BCUT2D eigenvalue weighted by atomic mass is 9.94. The predicted octanol–water partition coefficient (Wildman–Crippen LogP) is 3.10. The van der Waals surface area contributed by atoms with Crippen LogP contribution in [0.3, 0.4) is 0 Å². The van der Waals surface area contributed by atoms with Gasteiger partial charge in [-0.25, -0.2) is 0 Å². The Labute approximate surface area is 96.3 Å². The Balaban J connectivity index is 2.05. The molecular formula is C14H18O2. The summed E-state index contributed by atoms with van der Waals surface area (Å²) >= 11 is 0. The summed E-state index contributed by atoms with van der Waals surface area (Å²) in [6.07, 6.45) is 3.38. The van der Waals surface area contributed by atoms with E-state index in [1.54, 1.807) is 0 Å². The first-order valence-electron chi connectivity index (χ1n) is 5.83. The Kier molecular flexibility index (Phi) is 2.75. The van der Waals surface area contributed by atoms with Gasteiger partial charge in [-0.1, -0.05) is 23.8 Å². The molecule has 1 fully saturated rings. The summed E-state index contributed by atoms with van der Waals surface area (Å²) in [5.41, 5.74) is 3.43. The molecule has 0 amide bonds. The number of rotatable bonds is 4. The van der Waals surface area contributed by atoms with Gasteiger partial charge in [0.15, 0.2) is 0 Å². The SMILES string of the molecule is Cc1ccc(C)c(CCC2(C(=O)O)CC2)c1. The smallest absolute Gasteiger partial charge is 0.309 e. The zero-order valence-corrected chi connectivity index (χ0v) is 9.92. The standard InChI is InChI=1S/C14H18O2/c1-10-3-4-11(2)12(9-10)5-6-14(7-8-14)13(15)16/h3-4,9H,5-8H2,1-2H3,(H,15,16). The Morgan fingerprint density at radius 3 is 2.62 bits per heavy atom. The normalized spacial score (nSPS) is 17.1. The van der Waals surface area contributed by atoms with Gasteiger partial charge in [0.25, 0.3) is 0 Å². The molecule has 0 unspecified atom stereocenters. The maximum absolute atomic E-state index is 11.1. The van der Waals surface area contributed by atoms with Crippen LogP contribution in [-0.2, 0) is 11.2 Å². The fourth-order valence-electron chi connectivity index (χ4n) is 2.17. The fraction of sp³-hybridized carbons (Fsp3) is 0.500. The summed E-state index contributed by atoms with van der Waals surface area (Å²) in [7, 11) is 0. The molecule has 0 bridgehead atoms. The van der Waals surface area contributed by atoms with Crippen LogP contribution in [0.4, 0.5) is 0 Å². The molecule has 16 heavy (non-hydrogen) atoms. The van der Waals surface area contributed by atoms with Crippen molar-refractivity contribution in [2.24, 2.45) is 5.41 Å². The van der Waals surface area contributed by atoms with Crippen molar-refractivity contribution in [2.75, 3.05) is 0 Å². The van der Waals surface area contributed by atoms with Crippen molar-refractivity contribution in [3.8, 4) is 0 Å². The molecule has 1 aliphatic rings. The van der Waals surface area contributed by atoms with Crippen LogP contribution in [0, 0.1) is 19.3 Å². The molecule has 0 heterocycles. The molecule has 0 radical (unpaired) electrons. The van der Waals surface area contributed by atoms with Gasteiger partial charge in [0.1, 0.15) is 0 Å². The summed E-state index contributed by atoms with van der Waals surface area (Å²) in [6.45, 7) is 4.17. The van der Waals surface area contributed by atoms with E-state index in [1.165, 1.54) is 16.7 Å². The average molecular weight is 218 g/mol. The average Bonchev–Trinajstić information content (AvgIpc) is 3.00. The molecule has 0 spiro atoms. The Hall–Kier alpha value is -1.31. The van der Waals surface area contributed by atoms with Gasteiger partial charge in [-0.3, -0.25) is 4.79 Å². The van der Waals surface area contributed by atoms with Crippen molar-refractivity contribution in [3.63, 3.8) is 0 Å². The van der Waals surface area contributed by atoms with Crippen LogP contribution < -0.4 is 0 Å². The van der Waals surface area contributed by atoms with Crippen LogP contribution in [0.15, 0.2) is 18.2 Å². The molecule has 2 rings (SSSR count). The van der Waals surface area contributed by atoms with E-state index in [1.807, 2.05) is 0 Å². The molecule has 86 valence electrons. The van der Waals surface area contributed by atoms with Gasteiger partial charge in [0, 0.05) is 0 Å². The first-order chi connectivity index (χ1) is 7.53. The summed E-state index contributed by atoms with van der Waals surface area (Å²) in [5, 5.41) is 9.11. The van der Waals surface area contributed by atoms with Crippen LogP contribution >= 0.6 is 0 Å². The molecule has 1 aromatic rings. The van der Waals surface area contributed by atoms with Crippen LogP contribution in [0.1, 0.15) is 36.0 Å². The van der Waals surface area contributed by atoms with Crippen LogP contribution in [0.5, 0.6) is 0 Å². The maximum Gasteiger partial charge on any atom is 0.309 e. The minimum atomic E-state index is -0.613. The highest BCUT2D eigenvalue weighted by atomic mass is 16.4. The van der Waals surface area contributed by atoms with Crippen molar-refractivity contribution >= 4 is 5.97 Å². The number of carboxylic acids is 1. The van der Waals surface area contributed by atoms with E-state index in [-0.39, 0.29) is 0 Å². The molecule has 2 heteroatoms. The number of carbonyl (C=O) groups is 1. The number of hydrogen-bond acceptors (Lipinski definition) is 1. The first kappa shape index (κ1) is 11.2. The number of aryl methyl sites for hydroxylation is 3. The second kappa shape index (κ2) is 3.93. The highest BCUT2D eigenvalue weighted by molar-refractivity contribution is 5.77. The van der Waals surface area contributed by atoms with Gasteiger partial charge in [-0.05, 0) is 50.7 Å². The highest BCUT2D eigenvalue weighted by Crippen LogP contribution is 2.49. The molecule has 1 saturated carbocycles. The summed E-state index contributed by atoms with van der Waals surface area (Å²) in [4.78, 5) is 11.1. The Bertz CT molecular complexity index is 417. The molecule has 2 nitrogen and oxygen atoms in total. The quantitative estimate of drug-likeness (QED) is 0.843. The number of hydrogen-bond donors (Lipinski definition) is 1. The molecule has 1 aliphatic carbocycles. The molecule has 1 aromatic carbocycles. The van der Waals surface area contributed by atoms with Crippen LogP contribution in [0.2, 0.25) is 0 Å². The molecule has 0 aliphatic heterocycles. The van der Waals surface area contributed by atoms with Crippen molar-refractivity contribution in [2.45, 2.75) is 39.5 Å². The van der Waals surface area contributed by atoms with E-state index in [0.717, 1.165) is 25.7 Å². The lowest BCUT2D eigenvalue weighted by molar-refractivity contribution is -0.143. The van der Waals surface area contributed by atoms with Crippen LogP contribution in [0.25, 0.3) is 0 Å². The van der Waals surface area contributed by atoms with Crippen molar-refractivity contribution in [1.29, 1.82) is 0 Å². The van der Waals surface area contributed by atoms with Gasteiger partial charge < -0.3 is 5.11 Å². The Morgan fingerprint density at radius 1 is 1.38 bits per heavy atom. The van der Waals surface area contributed by atoms with Gasteiger partial charge in [-0.15, -0.1) is 0 Å². The minimum Gasteiger partial charge on any atom is -0.481 e. The lowest BCUT2D eigenvalue weighted by Crippen LogP contribution is -2.15. The summed E-state index contributed by atoms with van der Waals surface area (Å²) < 4.78 is 0. The largest absolute Gasteiger partial charge is 0.481 e. The molecule has 0 atom stereocenters. The number of benzene rings is 1. The summed E-state index contributed by atoms with van der Waals surface area (Å²) in [6, 6.07) is 6.39. The van der Waals surface area contributed by atoms with Crippen molar-refractivity contribution in [1.82, 2.24) is 0 Å². The first-order valence-corrected chi connectivity index (χ1v) is 5.83. The molecule has 0 aromatic heterocycles. The van der Waals surface area contributed by atoms with E-state index in [2.05, 4.69) is 32.0 Å². The van der Waals surface area contributed by atoms with E-state index >= 15 is 0 Å². The second-order valence-electron chi connectivity index (χ2n) is 5.02. The topological polar surface area (TPSA) is 37.3 Å². The van der Waals surface area contributed by atoms with Gasteiger partial charge >= 0.3 is 5.97 Å². The summed E-state index contributed by atoms with van der Waals surface area (Å²) in [5.74, 6) is -0.613. The van der Waals surface area contributed by atoms with Crippen molar-refractivity contribution in [3.05, 3.63) is 34.9 Å². The monoisotopic (exact) mass is 218 g/mol. The maximum atomic E-state index is 11.1. The predicted molar refractivity (Wildman–Crippen MR) is 63.5 cm³/mol. The number of aliphatic carboxylic acids is 1. The molecular weight excluding hydrogens is 200 g/mol. The Morgan fingerprint density at radius 2 is 2.06 bits per heavy atom. The zero-order chi connectivity index (χ0) is 11.8. The third-order valence-electron chi connectivity index (χ3n) is 3.68. The number of carboxylic acid groups (broad SMARTS) is 1. The highest BCUT2D eigenvalue weighted by Gasteiger charge is 2.49. The van der Waals surface area contributed by atoms with E-state index < -0.39 is 11.4 Å². The van der Waals surface area contributed by atoms with E-state index in [0.29, 0.717) is 0 Å². The third-order valence-corrected chi connectivity index (χ3v) is 3.68. The third kappa shape index (κ3) is 2.11. The van der Waals surface area contributed by atoms with Gasteiger partial charge in [0.05, 0.1) is 5.41 Å². The lowest BCUT2D eigenvalue weighted by Gasteiger charge is -2.11. The zero-order valence-electron chi connectivity index (χ0n) is 9.92. The molecule has 1 N–H and O–H groups in total. The van der Waals surface area contributed by atoms with Crippen molar-refractivity contribution < 1.29 is 9.90 Å². The second-order valence-corrected chi connectivity index (χ2v) is 5.02. The van der Waals surface area contributed by atoms with Gasteiger partial charge in [0.2, 0.25) is 0 Å². The van der Waals surface area contributed by atoms with E-state index in [9.17, 15) is 4.79 Å².